The molecule has 0 aliphatic rings. The molecule has 0 aliphatic heterocycles. The molecule has 0 unspecified atom stereocenters. The Bertz CT molecular complexity index is 1260. The summed E-state index contributed by atoms with van der Waals surface area (Å²) in [7, 11) is 0. The van der Waals surface area contributed by atoms with Crippen LogP contribution in [-0.4, -0.2) is 9.55 Å². The average molecular weight is 447 g/mol. The van der Waals surface area contributed by atoms with Gasteiger partial charge in [-0.05, 0) is 34.4 Å². The van der Waals surface area contributed by atoms with E-state index in [0.717, 1.165) is 16.3 Å². The largest absolute Gasteiger partial charge is 0.318 e. The van der Waals surface area contributed by atoms with Gasteiger partial charge in [0.15, 0.2) is 0 Å². The van der Waals surface area contributed by atoms with Crippen LogP contribution in [0.5, 0.6) is 0 Å². The van der Waals surface area contributed by atoms with E-state index >= 15 is 0 Å². The summed E-state index contributed by atoms with van der Waals surface area (Å²) in [5.41, 5.74) is 4.77. The van der Waals surface area contributed by atoms with Crippen molar-refractivity contribution in [3.05, 3.63) is 161 Å². The topological polar surface area (TPSA) is 17.8 Å². The molecule has 2 nitrogen and oxygen atoms in total. The summed E-state index contributed by atoms with van der Waals surface area (Å²) >= 11 is 6.33. The molecule has 0 atom stereocenters. The van der Waals surface area contributed by atoms with Crippen LogP contribution in [0.4, 0.5) is 0 Å². The van der Waals surface area contributed by atoms with Crippen molar-refractivity contribution in [1.29, 1.82) is 0 Å². The van der Waals surface area contributed by atoms with E-state index in [-0.39, 0.29) is 0 Å². The molecule has 3 heteroatoms. The fraction of sp³-hybridized carbons (Fsp3) is 0.0333. The van der Waals surface area contributed by atoms with Crippen molar-refractivity contribution in [2.75, 3.05) is 0 Å². The Kier molecular flexibility index (Phi) is 5.93. The maximum atomic E-state index is 6.33. The summed E-state index contributed by atoms with van der Waals surface area (Å²) in [4.78, 5) is 4.74. The van der Waals surface area contributed by atoms with E-state index < -0.39 is 5.54 Å². The van der Waals surface area contributed by atoms with Crippen LogP contribution in [0.25, 0.3) is 12.2 Å². The van der Waals surface area contributed by atoms with Crippen molar-refractivity contribution in [3.8, 4) is 0 Å². The van der Waals surface area contributed by atoms with E-state index in [1.54, 1.807) is 0 Å². The summed E-state index contributed by atoms with van der Waals surface area (Å²) in [6.45, 7) is 0. The number of hydrogen-bond acceptors (Lipinski definition) is 1. The average Bonchev–Trinajstić information content (AvgIpc) is 3.35. The second-order valence-corrected chi connectivity index (χ2v) is 8.28. The van der Waals surface area contributed by atoms with Crippen molar-refractivity contribution < 1.29 is 0 Å². The molecule has 0 bridgehead atoms. The van der Waals surface area contributed by atoms with E-state index in [0.29, 0.717) is 0 Å². The fourth-order valence-corrected chi connectivity index (χ4v) is 4.58. The molecule has 5 aromatic rings. The van der Waals surface area contributed by atoms with Gasteiger partial charge in [0.05, 0.1) is 12.0 Å². The van der Waals surface area contributed by atoms with Crippen LogP contribution < -0.4 is 0 Å². The van der Waals surface area contributed by atoms with Gasteiger partial charge < -0.3 is 4.57 Å². The quantitative estimate of drug-likeness (QED) is 0.246. The number of benzene rings is 4. The van der Waals surface area contributed by atoms with Crippen molar-refractivity contribution in [3.63, 3.8) is 0 Å². The monoisotopic (exact) mass is 446 g/mol. The summed E-state index contributed by atoms with van der Waals surface area (Å²) in [5, 5.41) is 0.723. The lowest BCUT2D eigenvalue weighted by Gasteiger charge is -2.37. The fourth-order valence-electron chi connectivity index (χ4n) is 4.38. The smallest absolute Gasteiger partial charge is 0.121 e. The Morgan fingerprint density at radius 3 is 1.61 bits per heavy atom. The molecule has 5 rings (SSSR count). The normalized spacial score (nSPS) is 11.7. The predicted molar refractivity (Wildman–Crippen MR) is 137 cm³/mol. The van der Waals surface area contributed by atoms with Crippen LogP contribution in [0.2, 0.25) is 5.02 Å². The molecule has 1 aromatic heterocycles. The van der Waals surface area contributed by atoms with Crippen molar-refractivity contribution in [2.45, 2.75) is 5.54 Å². The maximum absolute atomic E-state index is 6.33. The van der Waals surface area contributed by atoms with Crippen LogP contribution >= 0.6 is 11.6 Å². The number of hydrogen-bond donors (Lipinski definition) is 0. The highest BCUT2D eigenvalue weighted by Gasteiger charge is 2.38. The van der Waals surface area contributed by atoms with Gasteiger partial charge in [-0.25, -0.2) is 4.98 Å². The molecule has 1 heterocycles. The van der Waals surface area contributed by atoms with Crippen LogP contribution in [0.1, 0.15) is 27.9 Å². The van der Waals surface area contributed by atoms with E-state index in [9.17, 15) is 0 Å². The molecule has 0 spiro atoms. The molecule has 0 aliphatic carbocycles. The van der Waals surface area contributed by atoms with Gasteiger partial charge in [0, 0.05) is 11.2 Å². The minimum absolute atomic E-state index is 0.562. The first kappa shape index (κ1) is 21.0. The molecule has 0 N–H and O–H groups in total. The van der Waals surface area contributed by atoms with E-state index in [2.05, 4.69) is 102 Å². The standard InChI is InChI=1S/C30H23ClN2/c31-29-19-11-10-12-24(29)20-21-28-22-33(23-32-28)30(25-13-4-1-5-14-25,26-15-6-2-7-16-26)27-17-8-3-9-18-27/h1-23H. The molecular formula is C30H23ClN2. The molecule has 160 valence electrons. The third kappa shape index (κ3) is 4.02. The number of imidazole rings is 1. The molecule has 33 heavy (non-hydrogen) atoms. The van der Waals surface area contributed by atoms with Crippen molar-refractivity contribution in [1.82, 2.24) is 9.55 Å². The van der Waals surface area contributed by atoms with Crippen molar-refractivity contribution in [2.24, 2.45) is 0 Å². The molecular weight excluding hydrogens is 424 g/mol. The lowest BCUT2D eigenvalue weighted by Crippen LogP contribution is -2.36. The number of halogens is 1. The zero-order valence-corrected chi connectivity index (χ0v) is 18.8. The molecule has 0 saturated heterocycles. The first-order valence-corrected chi connectivity index (χ1v) is 11.3. The zero-order chi connectivity index (χ0) is 22.5. The van der Waals surface area contributed by atoms with Gasteiger partial charge >= 0.3 is 0 Å². The van der Waals surface area contributed by atoms with Crippen molar-refractivity contribution >= 4 is 23.8 Å². The lowest BCUT2D eigenvalue weighted by molar-refractivity contribution is 0.514. The molecule has 0 amide bonds. The van der Waals surface area contributed by atoms with Crippen LogP contribution in [0, 0.1) is 0 Å². The highest BCUT2D eigenvalue weighted by atomic mass is 35.5. The number of nitrogens with zero attached hydrogens (tertiary/aromatic N) is 2. The number of rotatable bonds is 6. The summed E-state index contributed by atoms with van der Waals surface area (Å²) < 4.78 is 2.21. The minimum atomic E-state index is -0.562. The lowest BCUT2D eigenvalue weighted by atomic mass is 9.77. The van der Waals surface area contributed by atoms with Gasteiger partial charge in [0.1, 0.15) is 5.54 Å². The highest BCUT2D eigenvalue weighted by Crippen LogP contribution is 2.40. The number of aromatic nitrogens is 2. The van der Waals surface area contributed by atoms with Gasteiger partial charge in [0.25, 0.3) is 0 Å². The molecule has 4 aromatic carbocycles. The van der Waals surface area contributed by atoms with Crippen LogP contribution in [-0.2, 0) is 5.54 Å². The Labute approximate surface area is 199 Å². The zero-order valence-electron chi connectivity index (χ0n) is 18.1. The Morgan fingerprint density at radius 2 is 1.09 bits per heavy atom. The summed E-state index contributed by atoms with van der Waals surface area (Å²) in [6, 6.07) is 39.6. The highest BCUT2D eigenvalue weighted by molar-refractivity contribution is 6.32. The second-order valence-electron chi connectivity index (χ2n) is 7.87. The molecule has 0 saturated carbocycles. The first-order valence-electron chi connectivity index (χ1n) is 10.9. The minimum Gasteiger partial charge on any atom is -0.318 e. The molecule has 0 radical (unpaired) electrons. The maximum Gasteiger partial charge on any atom is 0.121 e. The van der Waals surface area contributed by atoms with Gasteiger partial charge in [-0.1, -0.05) is 127 Å². The van der Waals surface area contributed by atoms with Gasteiger partial charge in [-0.2, -0.15) is 0 Å². The van der Waals surface area contributed by atoms with E-state index in [1.807, 2.05) is 42.7 Å². The van der Waals surface area contributed by atoms with E-state index in [4.69, 9.17) is 16.6 Å². The van der Waals surface area contributed by atoms with E-state index in [1.165, 1.54) is 16.7 Å². The third-order valence-corrected chi connectivity index (χ3v) is 6.25. The Hall–Kier alpha value is -3.88. The van der Waals surface area contributed by atoms with Gasteiger partial charge in [-0.3, -0.25) is 0 Å². The summed E-state index contributed by atoms with van der Waals surface area (Å²) in [6.07, 6.45) is 8.02. The van der Waals surface area contributed by atoms with Gasteiger partial charge in [0.2, 0.25) is 0 Å². The van der Waals surface area contributed by atoms with Crippen LogP contribution in [0.15, 0.2) is 128 Å². The summed E-state index contributed by atoms with van der Waals surface area (Å²) in [5.74, 6) is 0. The third-order valence-electron chi connectivity index (χ3n) is 5.90. The Balaban J connectivity index is 1.70. The molecule has 0 fully saturated rings. The SMILES string of the molecule is Clc1ccccc1C=Cc1cn(C(c2ccccc2)(c2ccccc2)c2ccccc2)cn1. The second kappa shape index (κ2) is 9.32. The van der Waals surface area contributed by atoms with Crippen LogP contribution in [0.3, 0.4) is 0 Å². The van der Waals surface area contributed by atoms with Gasteiger partial charge in [-0.15, -0.1) is 0 Å². The first-order chi connectivity index (χ1) is 16.3. The Morgan fingerprint density at radius 1 is 0.606 bits per heavy atom. The predicted octanol–water partition coefficient (Wildman–Crippen LogP) is 7.55.